The van der Waals surface area contributed by atoms with E-state index in [9.17, 15) is 9.90 Å². The van der Waals surface area contributed by atoms with Crippen LogP contribution in [-0.4, -0.2) is 18.2 Å². The van der Waals surface area contributed by atoms with Crippen LogP contribution in [0.4, 0.5) is 5.69 Å². The molecule has 0 radical (unpaired) electrons. The molecule has 1 unspecified atom stereocenters. The molecular formula is C15H13BrClNO3. The molecule has 0 heterocycles. The molecule has 1 atom stereocenters. The summed E-state index contributed by atoms with van der Waals surface area (Å²) < 4.78 is 5.50. The number of rotatable bonds is 4. The second-order valence-electron chi connectivity index (χ2n) is 4.29. The standard InChI is InChI=1S/C15H13BrClNO3/c1-21-15(20)14(10-4-2-3-5-13(10)19)18-9-6-7-12(17)11(16)8-9/h2-8,14,18-19H,1H3. The molecule has 2 rings (SSSR count). The average molecular weight is 371 g/mol. The first kappa shape index (κ1) is 15.7. The molecule has 2 aromatic rings. The number of carbonyl (C=O) groups excluding carboxylic acids is 1. The fourth-order valence-corrected chi connectivity index (χ4v) is 2.36. The van der Waals surface area contributed by atoms with E-state index in [1.165, 1.54) is 13.2 Å². The zero-order valence-corrected chi connectivity index (χ0v) is 13.5. The van der Waals surface area contributed by atoms with Gasteiger partial charge in [0, 0.05) is 15.7 Å². The van der Waals surface area contributed by atoms with E-state index in [0.717, 1.165) is 0 Å². The second kappa shape index (κ2) is 6.83. The van der Waals surface area contributed by atoms with Gasteiger partial charge >= 0.3 is 5.97 Å². The van der Waals surface area contributed by atoms with Crippen LogP contribution in [0.5, 0.6) is 5.75 Å². The van der Waals surface area contributed by atoms with E-state index in [1.807, 2.05) is 0 Å². The Balaban J connectivity index is 2.35. The first-order valence-corrected chi connectivity index (χ1v) is 7.27. The number of phenols is 1. The highest BCUT2D eigenvalue weighted by Crippen LogP contribution is 2.31. The fourth-order valence-electron chi connectivity index (χ4n) is 1.87. The van der Waals surface area contributed by atoms with Gasteiger partial charge in [0.2, 0.25) is 0 Å². The van der Waals surface area contributed by atoms with Crippen LogP contribution in [0.25, 0.3) is 0 Å². The molecule has 0 bridgehead atoms. The molecule has 21 heavy (non-hydrogen) atoms. The predicted molar refractivity (Wildman–Crippen MR) is 85.6 cm³/mol. The van der Waals surface area contributed by atoms with Crippen LogP contribution in [0.15, 0.2) is 46.9 Å². The molecule has 0 aliphatic carbocycles. The number of carbonyl (C=O) groups is 1. The number of nitrogens with one attached hydrogen (secondary N) is 1. The molecule has 2 aromatic carbocycles. The molecule has 0 aliphatic heterocycles. The quantitative estimate of drug-likeness (QED) is 0.794. The van der Waals surface area contributed by atoms with Crippen LogP contribution in [0.2, 0.25) is 5.02 Å². The summed E-state index contributed by atoms with van der Waals surface area (Å²) in [6, 6.07) is 11.0. The lowest BCUT2D eigenvalue weighted by molar-refractivity contribution is -0.141. The molecule has 0 aliphatic rings. The van der Waals surface area contributed by atoms with Crippen molar-refractivity contribution in [2.75, 3.05) is 12.4 Å². The van der Waals surface area contributed by atoms with Crippen LogP contribution in [-0.2, 0) is 9.53 Å². The molecule has 0 spiro atoms. The number of para-hydroxylation sites is 1. The Labute approximate surface area is 135 Å². The zero-order chi connectivity index (χ0) is 15.4. The van der Waals surface area contributed by atoms with Crippen LogP contribution in [0.3, 0.4) is 0 Å². The van der Waals surface area contributed by atoms with Crippen molar-refractivity contribution in [1.82, 2.24) is 0 Å². The van der Waals surface area contributed by atoms with Gasteiger partial charge in [-0.2, -0.15) is 0 Å². The largest absolute Gasteiger partial charge is 0.508 e. The molecule has 0 saturated carbocycles. The Kier molecular flexibility index (Phi) is 5.09. The molecule has 0 saturated heterocycles. The average Bonchev–Trinajstić information content (AvgIpc) is 2.48. The number of esters is 1. The highest BCUT2D eigenvalue weighted by atomic mass is 79.9. The number of hydrogen-bond donors (Lipinski definition) is 2. The summed E-state index contributed by atoms with van der Waals surface area (Å²) in [5.74, 6) is -0.476. The van der Waals surface area contributed by atoms with E-state index >= 15 is 0 Å². The SMILES string of the molecule is COC(=O)C(Nc1ccc(Cl)c(Br)c1)c1ccccc1O. The Hall–Kier alpha value is -1.72. The van der Waals surface area contributed by atoms with E-state index in [4.69, 9.17) is 16.3 Å². The normalized spacial score (nSPS) is 11.8. The minimum atomic E-state index is -0.815. The number of benzene rings is 2. The van der Waals surface area contributed by atoms with E-state index in [-0.39, 0.29) is 5.75 Å². The number of hydrogen-bond acceptors (Lipinski definition) is 4. The predicted octanol–water partition coefficient (Wildman–Crippen LogP) is 4.13. The van der Waals surface area contributed by atoms with Gasteiger partial charge in [-0.1, -0.05) is 29.8 Å². The van der Waals surface area contributed by atoms with Crippen molar-refractivity contribution in [3.05, 3.63) is 57.5 Å². The third-order valence-corrected chi connectivity index (χ3v) is 4.13. The van der Waals surface area contributed by atoms with Crippen molar-refractivity contribution in [1.29, 1.82) is 0 Å². The van der Waals surface area contributed by atoms with Crippen molar-refractivity contribution >= 4 is 39.2 Å². The maximum absolute atomic E-state index is 12.0. The van der Waals surface area contributed by atoms with Gasteiger partial charge in [-0.25, -0.2) is 4.79 Å². The van der Waals surface area contributed by atoms with Gasteiger partial charge < -0.3 is 15.2 Å². The first-order chi connectivity index (χ1) is 10.0. The highest BCUT2D eigenvalue weighted by Gasteiger charge is 2.24. The monoisotopic (exact) mass is 369 g/mol. The number of ether oxygens (including phenoxy) is 1. The Morgan fingerprint density at radius 1 is 1.33 bits per heavy atom. The lowest BCUT2D eigenvalue weighted by atomic mass is 10.1. The summed E-state index contributed by atoms with van der Waals surface area (Å²) in [5.41, 5.74) is 1.11. The number of anilines is 1. The van der Waals surface area contributed by atoms with Gasteiger partial charge in [0.05, 0.1) is 12.1 Å². The van der Waals surface area contributed by atoms with Gasteiger partial charge in [-0.3, -0.25) is 0 Å². The first-order valence-electron chi connectivity index (χ1n) is 6.10. The summed E-state index contributed by atoms with van der Waals surface area (Å²) >= 11 is 9.27. The maximum Gasteiger partial charge on any atom is 0.333 e. The summed E-state index contributed by atoms with van der Waals surface area (Å²) in [6.07, 6.45) is 0. The summed E-state index contributed by atoms with van der Waals surface area (Å²) in [5, 5.41) is 13.5. The Morgan fingerprint density at radius 2 is 2.05 bits per heavy atom. The second-order valence-corrected chi connectivity index (χ2v) is 5.55. The molecule has 4 nitrogen and oxygen atoms in total. The minimum Gasteiger partial charge on any atom is -0.508 e. The zero-order valence-electron chi connectivity index (χ0n) is 11.1. The molecule has 0 amide bonds. The van der Waals surface area contributed by atoms with Crippen molar-refractivity contribution in [2.24, 2.45) is 0 Å². The minimum absolute atomic E-state index is 0.0217. The smallest absolute Gasteiger partial charge is 0.333 e. The molecule has 110 valence electrons. The number of methoxy groups -OCH3 is 1. The van der Waals surface area contributed by atoms with Gasteiger partial charge in [-0.15, -0.1) is 0 Å². The Morgan fingerprint density at radius 3 is 2.67 bits per heavy atom. The maximum atomic E-state index is 12.0. The van der Waals surface area contributed by atoms with Gasteiger partial charge in [0.15, 0.2) is 6.04 Å². The van der Waals surface area contributed by atoms with Crippen molar-refractivity contribution in [3.63, 3.8) is 0 Å². The van der Waals surface area contributed by atoms with Crippen molar-refractivity contribution in [3.8, 4) is 5.75 Å². The molecular weight excluding hydrogens is 358 g/mol. The Bertz CT molecular complexity index is 663. The number of aromatic hydroxyl groups is 1. The molecule has 0 aromatic heterocycles. The van der Waals surface area contributed by atoms with Crippen LogP contribution >= 0.6 is 27.5 Å². The number of phenolic OH excluding ortho intramolecular Hbond substituents is 1. The fraction of sp³-hybridized carbons (Fsp3) is 0.133. The van der Waals surface area contributed by atoms with Crippen LogP contribution in [0.1, 0.15) is 11.6 Å². The summed E-state index contributed by atoms with van der Waals surface area (Å²) in [6.45, 7) is 0. The van der Waals surface area contributed by atoms with Gasteiger partial charge in [-0.05, 0) is 40.2 Å². The molecule has 2 N–H and O–H groups in total. The third kappa shape index (κ3) is 3.68. The van der Waals surface area contributed by atoms with E-state index in [0.29, 0.717) is 20.7 Å². The van der Waals surface area contributed by atoms with Crippen LogP contribution < -0.4 is 5.32 Å². The van der Waals surface area contributed by atoms with Crippen molar-refractivity contribution in [2.45, 2.75) is 6.04 Å². The van der Waals surface area contributed by atoms with E-state index < -0.39 is 12.0 Å². The van der Waals surface area contributed by atoms with Gasteiger partial charge in [0.1, 0.15) is 5.75 Å². The summed E-state index contributed by atoms with van der Waals surface area (Å²) in [7, 11) is 1.30. The van der Waals surface area contributed by atoms with Gasteiger partial charge in [0.25, 0.3) is 0 Å². The van der Waals surface area contributed by atoms with Crippen molar-refractivity contribution < 1.29 is 14.6 Å². The molecule has 0 fully saturated rings. The summed E-state index contributed by atoms with van der Waals surface area (Å²) in [4.78, 5) is 12.0. The lowest BCUT2D eigenvalue weighted by Crippen LogP contribution is -2.22. The topological polar surface area (TPSA) is 58.6 Å². The van der Waals surface area contributed by atoms with E-state index in [2.05, 4.69) is 21.2 Å². The molecule has 6 heteroatoms. The highest BCUT2D eigenvalue weighted by molar-refractivity contribution is 9.10. The lowest BCUT2D eigenvalue weighted by Gasteiger charge is -2.19. The van der Waals surface area contributed by atoms with E-state index in [1.54, 1.807) is 36.4 Å². The number of halogens is 2. The van der Waals surface area contributed by atoms with Crippen LogP contribution in [0, 0.1) is 0 Å². The third-order valence-electron chi connectivity index (χ3n) is 2.92.